The summed E-state index contributed by atoms with van der Waals surface area (Å²) in [6.45, 7) is 4.96. The maximum atomic E-state index is 11.5. The van der Waals surface area contributed by atoms with Crippen molar-refractivity contribution in [3.63, 3.8) is 0 Å². The zero-order chi connectivity index (χ0) is 12.5. The van der Waals surface area contributed by atoms with E-state index in [1.54, 1.807) is 18.3 Å². The van der Waals surface area contributed by atoms with Gasteiger partial charge in [-0.25, -0.2) is 4.79 Å². The number of carbonyl (C=O) groups excluding carboxylic acids is 1. The molecule has 1 aromatic heterocycles. The van der Waals surface area contributed by atoms with Crippen LogP contribution in [0.2, 0.25) is 0 Å². The fourth-order valence-corrected chi connectivity index (χ4v) is 1.56. The number of nitrogens with zero attached hydrogens (tertiary/aromatic N) is 1. The van der Waals surface area contributed by atoms with Crippen LogP contribution in [0.25, 0.3) is 0 Å². The molecule has 0 aromatic carbocycles. The molecule has 0 atom stereocenters. The van der Waals surface area contributed by atoms with E-state index < -0.39 is 0 Å². The summed E-state index contributed by atoms with van der Waals surface area (Å²) in [6.07, 6.45) is 7.69. The summed E-state index contributed by atoms with van der Waals surface area (Å²) in [5.41, 5.74) is 0.523. The van der Waals surface area contributed by atoms with Crippen molar-refractivity contribution in [1.82, 2.24) is 4.98 Å². The predicted octanol–water partition coefficient (Wildman–Crippen LogP) is 3.45. The van der Waals surface area contributed by atoms with Crippen LogP contribution in [-0.4, -0.2) is 17.6 Å². The third-order valence-corrected chi connectivity index (χ3v) is 2.56. The molecule has 3 heteroatoms. The molecule has 0 bridgehead atoms. The van der Waals surface area contributed by atoms with Crippen LogP contribution in [0.5, 0.6) is 0 Å². The summed E-state index contributed by atoms with van der Waals surface area (Å²) in [6, 6.07) is 3.45. The lowest BCUT2D eigenvalue weighted by molar-refractivity contribution is 0.0497. The van der Waals surface area contributed by atoms with Crippen molar-refractivity contribution < 1.29 is 9.53 Å². The Morgan fingerprint density at radius 3 is 2.82 bits per heavy atom. The summed E-state index contributed by atoms with van der Waals surface area (Å²) in [5.74, 6) is 0.481. The highest BCUT2D eigenvalue weighted by molar-refractivity contribution is 5.88. The first-order valence-electron chi connectivity index (χ1n) is 6.27. The van der Waals surface area contributed by atoms with Gasteiger partial charge in [0, 0.05) is 12.4 Å². The number of carbonyl (C=O) groups is 1. The van der Waals surface area contributed by atoms with Gasteiger partial charge in [0.15, 0.2) is 0 Å². The number of rotatable bonds is 7. The molecular formula is C14H21NO2. The smallest absolute Gasteiger partial charge is 0.339 e. The second-order valence-electron chi connectivity index (χ2n) is 4.62. The summed E-state index contributed by atoms with van der Waals surface area (Å²) < 4.78 is 5.16. The monoisotopic (exact) mass is 235 g/mol. The molecule has 0 spiro atoms. The highest BCUT2D eigenvalue weighted by Gasteiger charge is 2.05. The number of pyridine rings is 1. The molecule has 17 heavy (non-hydrogen) atoms. The molecule has 0 aliphatic heterocycles. The van der Waals surface area contributed by atoms with Gasteiger partial charge in [-0.3, -0.25) is 4.98 Å². The Kier molecular flexibility index (Phi) is 6.30. The number of ether oxygens (including phenoxy) is 1. The lowest BCUT2D eigenvalue weighted by Crippen LogP contribution is -2.06. The SMILES string of the molecule is CC(C)CCCCCOC(=O)c1cccnc1. The second-order valence-corrected chi connectivity index (χ2v) is 4.62. The molecule has 0 N–H and O–H groups in total. The summed E-state index contributed by atoms with van der Waals surface area (Å²) in [4.78, 5) is 15.4. The predicted molar refractivity (Wildman–Crippen MR) is 67.8 cm³/mol. The van der Waals surface area contributed by atoms with Crippen LogP contribution in [0, 0.1) is 5.92 Å². The van der Waals surface area contributed by atoms with E-state index in [0.29, 0.717) is 12.2 Å². The molecule has 0 aliphatic carbocycles. The van der Waals surface area contributed by atoms with Gasteiger partial charge in [0.1, 0.15) is 0 Å². The van der Waals surface area contributed by atoms with Crippen LogP contribution in [0.1, 0.15) is 49.9 Å². The maximum Gasteiger partial charge on any atom is 0.339 e. The zero-order valence-corrected chi connectivity index (χ0v) is 10.7. The molecule has 1 heterocycles. The number of esters is 1. The molecule has 94 valence electrons. The minimum Gasteiger partial charge on any atom is -0.462 e. The minimum atomic E-state index is -0.276. The van der Waals surface area contributed by atoms with Crippen molar-refractivity contribution in [2.75, 3.05) is 6.61 Å². The Hall–Kier alpha value is -1.38. The molecule has 0 fully saturated rings. The standard InChI is InChI=1S/C14H21NO2/c1-12(2)7-4-3-5-10-17-14(16)13-8-6-9-15-11-13/h6,8-9,11-12H,3-5,7,10H2,1-2H3. The fourth-order valence-electron chi connectivity index (χ4n) is 1.56. The maximum absolute atomic E-state index is 11.5. The lowest BCUT2D eigenvalue weighted by atomic mass is 10.1. The van der Waals surface area contributed by atoms with Gasteiger partial charge in [0.25, 0.3) is 0 Å². The third kappa shape index (κ3) is 6.05. The van der Waals surface area contributed by atoms with Gasteiger partial charge < -0.3 is 4.74 Å². The average Bonchev–Trinajstić information content (AvgIpc) is 2.34. The molecule has 0 amide bonds. The van der Waals surface area contributed by atoms with E-state index in [0.717, 1.165) is 18.8 Å². The van der Waals surface area contributed by atoms with Crippen molar-refractivity contribution in [2.24, 2.45) is 5.92 Å². The zero-order valence-electron chi connectivity index (χ0n) is 10.7. The van der Waals surface area contributed by atoms with Crippen molar-refractivity contribution in [3.05, 3.63) is 30.1 Å². The Morgan fingerprint density at radius 1 is 1.35 bits per heavy atom. The largest absolute Gasteiger partial charge is 0.462 e. The number of hydrogen-bond acceptors (Lipinski definition) is 3. The molecule has 0 saturated heterocycles. The van der Waals surface area contributed by atoms with E-state index >= 15 is 0 Å². The number of unbranched alkanes of at least 4 members (excludes halogenated alkanes) is 2. The Labute approximate surface area is 103 Å². The van der Waals surface area contributed by atoms with Gasteiger partial charge in [-0.15, -0.1) is 0 Å². The van der Waals surface area contributed by atoms with Crippen LogP contribution in [0.3, 0.4) is 0 Å². The molecule has 1 aromatic rings. The second kappa shape index (κ2) is 7.82. The molecule has 0 saturated carbocycles. The molecule has 0 unspecified atom stereocenters. The average molecular weight is 235 g/mol. The van der Waals surface area contributed by atoms with E-state index in [1.165, 1.54) is 19.0 Å². The van der Waals surface area contributed by atoms with Crippen molar-refractivity contribution in [3.8, 4) is 0 Å². The Bertz CT molecular complexity index is 322. The van der Waals surface area contributed by atoms with Gasteiger partial charge in [-0.2, -0.15) is 0 Å². The van der Waals surface area contributed by atoms with Gasteiger partial charge in [-0.1, -0.05) is 33.1 Å². The Morgan fingerprint density at radius 2 is 2.18 bits per heavy atom. The van der Waals surface area contributed by atoms with Gasteiger partial charge in [0.2, 0.25) is 0 Å². The summed E-state index contributed by atoms with van der Waals surface area (Å²) in [5, 5.41) is 0. The molecule has 0 aliphatic rings. The van der Waals surface area contributed by atoms with Crippen LogP contribution in [-0.2, 0) is 4.74 Å². The van der Waals surface area contributed by atoms with E-state index in [1.807, 2.05) is 0 Å². The highest BCUT2D eigenvalue weighted by Crippen LogP contribution is 2.08. The molecule has 1 rings (SSSR count). The topological polar surface area (TPSA) is 39.2 Å². The quantitative estimate of drug-likeness (QED) is 0.536. The van der Waals surface area contributed by atoms with Crippen LogP contribution in [0.4, 0.5) is 0 Å². The van der Waals surface area contributed by atoms with Crippen molar-refractivity contribution in [2.45, 2.75) is 39.5 Å². The minimum absolute atomic E-state index is 0.276. The third-order valence-electron chi connectivity index (χ3n) is 2.56. The molecular weight excluding hydrogens is 214 g/mol. The number of hydrogen-bond donors (Lipinski definition) is 0. The van der Waals surface area contributed by atoms with Crippen LogP contribution >= 0.6 is 0 Å². The van der Waals surface area contributed by atoms with Crippen LogP contribution < -0.4 is 0 Å². The van der Waals surface area contributed by atoms with Crippen LogP contribution in [0.15, 0.2) is 24.5 Å². The Balaban J connectivity index is 2.09. The van der Waals surface area contributed by atoms with E-state index in [-0.39, 0.29) is 5.97 Å². The van der Waals surface area contributed by atoms with Gasteiger partial charge >= 0.3 is 5.97 Å². The molecule has 3 nitrogen and oxygen atoms in total. The fraction of sp³-hybridized carbons (Fsp3) is 0.571. The van der Waals surface area contributed by atoms with E-state index in [2.05, 4.69) is 18.8 Å². The van der Waals surface area contributed by atoms with Gasteiger partial charge in [0.05, 0.1) is 12.2 Å². The highest BCUT2D eigenvalue weighted by atomic mass is 16.5. The van der Waals surface area contributed by atoms with Crippen molar-refractivity contribution >= 4 is 5.97 Å². The molecule has 0 radical (unpaired) electrons. The first kappa shape index (κ1) is 13.7. The summed E-state index contributed by atoms with van der Waals surface area (Å²) >= 11 is 0. The summed E-state index contributed by atoms with van der Waals surface area (Å²) in [7, 11) is 0. The first-order chi connectivity index (χ1) is 8.20. The first-order valence-corrected chi connectivity index (χ1v) is 6.27. The van der Waals surface area contributed by atoms with E-state index in [9.17, 15) is 4.79 Å². The van der Waals surface area contributed by atoms with E-state index in [4.69, 9.17) is 4.74 Å². The lowest BCUT2D eigenvalue weighted by Gasteiger charge is -2.05. The van der Waals surface area contributed by atoms with Crippen molar-refractivity contribution in [1.29, 1.82) is 0 Å². The van der Waals surface area contributed by atoms with Gasteiger partial charge in [-0.05, 0) is 24.5 Å². The normalized spacial score (nSPS) is 10.5. The number of aromatic nitrogens is 1.